The Hall–Kier alpha value is -0.220. The molecule has 4 heteroatoms. The fraction of sp³-hybridized carbons (Fsp3) is 0.917. The van der Waals surface area contributed by atoms with E-state index in [1.54, 1.807) is 11.8 Å². The van der Waals surface area contributed by atoms with E-state index in [-0.39, 0.29) is 11.9 Å². The molecule has 0 aromatic carbocycles. The van der Waals surface area contributed by atoms with Crippen molar-refractivity contribution in [3.63, 3.8) is 0 Å². The Morgan fingerprint density at radius 3 is 2.75 bits per heavy atom. The number of nitrogens with two attached hydrogens (primary N) is 1. The van der Waals surface area contributed by atoms with E-state index >= 15 is 0 Å². The summed E-state index contributed by atoms with van der Waals surface area (Å²) in [5, 5.41) is 0. The van der Waals surface area contributed by atoms with Gasteiger partial charge in [-0.25, -0.2) is 0 Å². The molecule has 0 unspecified atom stereocenters. The average Bonchev–Trinajstić information content (AvgIpc) is 2.28. The monoisotopic (exact) mass is 244 g/mol. The predicted molar refractivity (Wildman–Crippen MR) is 70.5 cm³/mol. The number of carbonyl (C=O) groups is 1. The second-order valence-corrected chi connectivity index (χ2v) is 5.90. The van der Waals surface area contributed by atoms with E-state index in [2.05, 4.69) is 13.8 Å². The third-order valence-corrected chi connectivity index (χ3v) is 4.24. The van der Waals surface area contributed by atoms with Crippen LogP contribution in [0.2, 0.25) is 0 Å². The maximum Gasteiger partial charge on any atom is 0.239 e. The van der Waals surface area contributed by atoms with Crippen LogP contribution in [-0.2, 0) is 4.79 Å². The molecule has 3 nitrogen and oxygen atoms in total. The molecule has 1 heterocycles. The first-order chi connectivity index (χ1) is 7.56. The van der Waals surface area contributed by atoms with E-state index in [1.807, 2.05) is 11.2 Å². The molecule has 2 N–H and O–H groups in total. The van der Waals surface area contributed by atoms with Gasteiger partial charge in [-0.1, -0.05) is 13.8 Å². The van der Waals surface area contributed by atoms with Crippen LogP contribution < -0.4 is 5.73 Å². The molecule has 3 atom stereocenters. The molecular formula is C12H24N2OS. The number of hydrogen-bond acceptors (Lipinski definition) is 3. The third-order valence-electron chi connectivity index (χ3n) is 3.60. The molecule has 1 rings (SSSR count). The quantitative estimate of drug-likeness (QED) is 0.816. The minimum atomic E-state index is -0.298. The Kier molecular flexibility index (Phi) is 5.62. The van der Waals surface area contributed by atoms with Crippen LogP contribution in [-0.4, -0.2) is 41.9 Å². The fourth-order valence-corrected chi connectivity index (χ4v) is 2.56. The number of likely N-dealkylation sites (tertiary alicyclic amines) is 1. The van der Waals surface area contributed by atoms with Gasteiger partial charge in [0.2, 0.25) is 5.91 Å². The van der Waals surface area contributed by atoms with E-state index < -0.39 is 0 Å². The minimum Gasteiger partial charge on any atom is -0.341 e. The minimum absolute atomic E-state index is 0.146. The van der Waals surface area contributed by atoms with E-state index in [1.165, 1.54) is 0 Å². The molecule has 94 valence electrons. The smallest absolute Gasteiger partial charge is 0.239 e. The molecule has 0 aromatic rings. The van der Waals surface area contributed by atoms with E-state index in [4.69, 9.17) is 5.73 Å². The lowest BCUT2D eigenvalue weighted by Gasteiger charge is -2.36. The van der Waals surface area contributed by atoms with Crippen LogP contribution in [0, 0.1) is 11.8 Å². The van der Waals surface area contributed by atoms with Crippen molar-refractivity contribution in [3.05, 3.63) is 0 Å². The van der Waals surface area contributed by atoms with Crippen molar-refractivity contribution >= 4 is 17.7 Å². The van der Waals surface area contributed by atoms with Crippen LogP contribution >= 0.6 is 11.8 Å². The highest BCUT2D eigenvalue weighted by Gasteiger charge is 2.28. The summed E-state index contributed by atoms with van der Waals surface area (Å²) >= 11 is 1.74. The van der Waals surface area contributed by atoms with Gasteiger partial charge in [0.1, 0.15) is 0 Å². The first kappa shape index (κ1) is 13.8. The molecule has 0 saturated carbocycles. The molecule has 1 fully saturated rings. The van der Waals surface area contributed by atoms with E-state index in [9.17, 15) is 4.79 Å². The third kappa shape index (κ3) is 3.67. The summed E-state index contributed by atoms with van der Waals surface area (Å²) in [5.74, 6) is 2.44. The normalized spacial score (nSPS) is 27.9. The van der Waals surface area contributed by atoms with Gasteiger partial charge in [-0.05, 0) is 36.7 Å². The second-order valence-electron chi connectivity index (χ2n) is 4.92. The van der Waals surface area contributed by atoms with Gasteiger partial charge < -0.3 is 10.6 Å². The molecule has 16 heavy (non-hydrogen) atoms. The van der Waals surface area contributed by atoms with Gasteiger partial charge in [0.05, 0.1) is 6.04 Å². The molecule has 0 aromatic heterocycles. The largest absolute Gasteiger partial charge is 0.341 e. The standard InChI is InChI=1S/C12H24N2OS/c1-9-4-6-14(8-10(9)2)12(15)11(13)5-7-16-3/h9-11H,4-8,13H2,1-3H3/t9-,10-,11+/m1/s1. The summed E-state index contributed by atoms with van der Waals surface area (Å²) in [7, 11) is 0. The van der Waals surface area contributed by atoms with E-state index in [0.717, 1.165) is 37.6 Å². The maximum absolute atomic E-state index is 12.0. The van der Waals surface area contributed by atoms with Crippen molar-refractivity contribution in [3.8, 4) is 0 Å². The zero-order valence-electron chi connectivity index (χ0n) is 10.6. The van der Waals surface area contributed by atoms with Crippen molar-refractivity contribution in [1.29, 1.82) is 0 Å². The number of amides is 1. The topological polar surface area (TPSA) is 46.3 Å². The first-order valence-corrected chi connectivity index (χ1v) is 7.49. The Morgan fingerprint density at radius 2 is 2.19 bits per heavy atom. The summed E-state index contributed by atoms with van der Waals surface area (Å²) < 4.78 is 0. The maximum atomic E-state index is 12.0. The van der Waals surface area contributed by atoms with Crippen molar-refractivity contribution in [2.24, 2.45) is 17.6 Å². The molecule has 1 aliphatic rings. The van der Waals surface area contributed by atoms with Crippen LogP contribution in [0.5, 0.6) is 0 Å². The van der Waals surface area contributed by atoms with Gasteiger partial charge in [-0.15, -0.1) is 0 Å². The van der Waals surface area contributed by atoms with Gasteiger partial charge in [-0.3, -0.25) is 4.79 Å². The first-order valence-electron chi connectivity index (χ1n) is 6.09. The SMILES string of the molecule is CSCC[C@H](N)C(=O)N1CC[C@@H](C)[C@H](C)C1. The lowest BCUT2D eigenvalue weighted by Crippen LogP contribution is -2.49. The highest BCUT2D eigenvalue weighted by atomic mass is 32.2. The van der Waals surface area contributed by atoms with Gasteiger partial charge in [0.25, 0.3) is 0 Å². The molecular weight excluding hydrogens is 220 g/mol. The van der Waals surface area contributed by atoms with Crippen LogP contribution in [0.4, 0.5) is 0 Å². The van der Waals surface area contributed by atoms with E-state index in [0.29, 0.717) is 5.92 Å². The summed E-state index contributed by atoms with van der Waals surface area (Å²) in [4.78, 5) is 14.0. The van der Waals surface area contributed by atoms with Gasteiger partial charge in [0.15, 0.2) is 0 Å². The second kappa shape index (κ2) is 6.50. The van der Waals surface area contributed by atoms with Crippen molar-refractivity contribution < 1.29 is 4.79 Å². The lowest BCUT2D eigenvalue weighted by atomic mass is 9.88. The molecule has 0 spiro atoms. The predicted octanol–water partition coefficient (Wildman–Crippen LogP) is 1.57. The molecule has 1 amide bonds. The average molecular weight is 244 g/mol. The zero-order valence-corrected chi connectivity index (χ0v) is 11.4. The molecule has 0 radical (unpaired) electrons. The molecule has 0 bridgehead atoms. The Balaban J connectivity index is 2.42. The number of nitrogens with zero attached hydrogens (tertiary/aromatic N) is 1. The lowest BCUT2D eigenvalue weighted by molar-refractivity contribution is -0.135. The number of rotatable bonds is 4. The number of carbonyl (C=O) groups excluding carboxylic acids is 1. The van der Waals surface area contributed by atoms with Crippen LogP contribution in [0.15, 0.2) is 0 Å². The summed E-state index contributed by atoms with van der Waals surface area (Å²) in [6, 6.07) is -0.298. The Labute approximate surface area is 103 Å². The molecule has 0 aliphatic carbocycles. The Bertz CT molecular complexity index is 235. The fourth-order valence-electron chi connectivity index (χ4n) is 2.07. The van der Waals surface area contributed by atoms with Crippen LogP contribution in [0.25, 0.3) is 0 Å². The molecule has 1 aliphatic heterocycles. The summed E-state index contributed by atoms with van der Waals surface area (Å²) in [6.07, 6.45) is 3.95. The molecule has 1 saturated heterocycles. The van der Waals surface area contributed by atoms with Gasteiger partial charge in [-0.2, -0.15) is 11.8 Å². The zero-order chi connectivity index (χ0) is 12.1. The number of piperidine rings is 1. The van der Waals surface area contributed by atoms with Gasteiger partial charge >= 0.3 is 0 Å². The van der Waals surface area contributed by atoms with Crippen molar-refractivity contribution in [2.45, 2.75) is 32.7 Å². The Morgan fingerprint density at radius 1 is 1.50 bits per heavy atom. The van der Waals surface area contributed by atoms with Gasteiger partial charge in [0, 0.05) is 13.1 Å². The number of thioether (sulfide) groups is 1. The summed E-state index contributed by atoms with van der Waals surface area (Å²) in [6.45, 7) is 6.25. The number of hydrogen-bond donors (Lipinski definition) is 1. The van der Waals surface area contributed by atoms with Crippen molar-refractivity contribution in [1.82, 2.24) is 4.90 Å². The highest BCUT2D eigenvalue weighted by Crippen LogP contribution is 2.22. The summed E-state index contributed by atoms with van der Waals surface area (Å²) in [5.41, 5.74) is 5.91. The van der Waals surface area contributed by atoms with Crippen LogP contribution in [0.1, 0.15) is 26.7 Å². The highest BCUT2D eigenvalue weighted by molar-refractivity contribution is 7.98. The van der Waals surface area contributed by atoms with Crippen molar-refractivity contribution in [2.75, 3.05) is 25.1 Å². The van der Waals surface area contributed by atoms with Crippen LogP contribution in [0.3, 0.4) is 0 Å².